The Morgan fingerprint density at radius 1 is 1.28 bits per heavy atom. The first kappa shape index (κ1) is 24.6. The number of rotatable bonds is 9. The molecule has 2 atom stereocenters. The van der Waals surface area contributed by atoms with Gasteiger partial charge in [0.2, 0.25) is 5.91 Å². The summed E-state index contributed by atoms with van der Waals surface area (Å²) in [4.78, 5) is 16.9. The zero-order valence-electron chi connectivity index (χ0n) is 19.2. The van der Waals surface area contributed by atoms with Crippen LogP contribution < -0.4 is 5.84 Å². The van der Waals surface area contributed by atoms with Crippen LogP contribution in [0.25, 0.3) is 0 Å². The summed E-state index contributed by atoms with van der Waals surface area (Å²) in [5, 5.41) is 12.2. The van der Waals surface area contributed by atoms with E-state index in [0.717, 1.165) is 49.1 Å². The van der Waals surface area contributed by atoms with Crippen LogP contribution in [0.4, 0.5) is 0 Å². The van der Waals surface area contributed by atoms with E-state index in [-0.39, 0.29) is 31.1 Å². The highest BCUT2D eigenvalue weighted by molar-refractivity contribution is 6.30. The van der Waals surface area contributed by atoms with Crippen molar-refractivity contribution in [3.05, 3.63) is 58.9 Å². The van der Waals surface area contributed by atoms with Gasteiger partial charge in [-0.2, -0.15) is 0 Å². The number of carbonyl (C=O) groups excluding carboxylic acids is 1. The summed E-state index contributed by atoms with van der Waals surface area (Å²) in [5.41, 5.74) is 2.80. The van der Waals surface area contributed by atoms with Gasteiger partial charge in [0.1, 0.15) is 0 Å². The fourth-order valence-electron chi connectivity index (χ4n) is 4.65. The number of likely N-dealkylation sites (tertiary alicyclic amines) is 1. The number of aliphatic hydroxyl groups is 1. The van der Waals surface area contributed by atoms with Crippen LogP contribution in [-0.2, 0) is 11.2 Å². The van der Waals surface area contributed by atoms with Crippen LogP contribution in [0, 0.1) is 0 Å². The van der Waals surface area contributed by atoms with Crippen LogP contribution in [-0.4, -0.2) is 64.1 Å². The second-order valence-corrected chi connectivity index (χ2v) is 9.31. The van der Waals surface area contributed by atoms with Crippen molar-refractivity contribution in [2.24, 2.45) is 5.84 Å². The van der Waals surface area contributed by atoms with Crippen LogP contribution in [0.2, 0.25) is 5.02 Å². The average molecular weight is 461 g/mol. The van der Waals surface area contributed by atoms with E-state index < -0.39 is 0 Å². The normalized spacial score (nSPS) is 22.8. The number of hydrogen-bond donors (Lipinski definition) is 2. The molecule has 1 aromatic carbocycles. The van der Waals surface area contributed by atoms with Crippen molar-refractivity contribution in [1.29, 1.82) is 0 Å². The smallest absolute Gasteiger partial charge is 0.242 e. The molecule has 3 N–H and O–H groups in total. The van der Waals surface area contributed by atoms with Crippen molar-refractivity contribution in [3.63, 3.8) is 0 Å². The maximum atomic E-state index is 13.1. The fourth-order valence-corrected chi connectivity index (χ4v) is 4.77. The molecule has 0 bridgehead atoms. The van der Waals surface area contributed by atoms with Crippen LogP contribution in [0.15, 0.2) is 48.3 Å². The first-order valence-electron chi connectivity index (χ1n) is 11.8. The van der Waals surface area contributed by atoms with Gasteiger partial charge in [-0.15, -0.1) is 0 Å². The van der Waals surface area contributed by atoms with E-state index in [9.17, 15) is 9.90 Å². The number of halogens is 1. The van der Waals surface area contributed by atoms with Crippen LogP contribution in [0.5, 0.6) is 0 Å². The van der Waals surface area contributed by atoms with E-state index in [2.05, 4.69) is 24.5 Å². The minimum atomic E-state index is -0.0631. The van der Waals surface area contributed by atoms with Crippen molar-refractivity contribution >= 4 is 17.5 Å². The summed E-state index contributed by atoms with van der Waals surface area (Å²) in [6.45, 7) is 8.18. The number of nitrogens with two attached hydrogens (primary N) is 1. The quantitative estimate of drug-likeness (QED) is 0.434. The monoisotopic (exact) mass is 460 g/mol. The molecule has 0 aliphatic carbocycles. The second kappa shape index (κ2) is 11.7. The van der Waals surface area contributed by atoms with Crippen LogP contribution in [0.1, 0.15) is 51.0 Å². The van der Waals surface area contributed by atoms with Gasteiger partial charge in [-0.25, -0.2) is 5.84 Å². The van der Waals surface area contributed by atoms with Gasteiger partial charge in [0, 0.05) is 18.1 Å². The third-order valence-corrected chi connectivity index (χ3v) is 6.85. The van der Waals surface area contributed by atoms with Crippen molar-refractivity contribution in [2.75, 3.05) is 26.2 Å². The van der Waals surface area contributed by atoms with Crippen molar-refractivity contribution < 1.29 is 9.90 Å². The Morgan fingerprint density at radius 2 is 2.03 bits per heavy atom. The minimum absolute atomic E-state index is 0.0230. The van der Waals surface area contributed by atoms with E-state index in [1.807, 2.05) is 34.2 Å². The van der Waals surface area contributed by atoms with E-state index in [0.29, 0.717) is 24.5 Å². The third kappa shape index (κ3) is 6.06. The Morgan fingerprint density at radius 3 is 2.72 bits per heavy atom. The number of benzene rings is 1. The van der Waals surface area contributed by atoms with Gasteiger partial charge in [0.15, 0.2) is 0 Å². The largest absolute Gasteiger partial charge is 0.394 e. The number of nitrogens with zero attached hydrogens (tertiary/aromatic N) is 3. The summed E-state index contributed by atoms with van der Waals surface area (Å²) in [6, 6.07) is 7.85. The molecular formula is C25H37ClN4O2. The predicted octanol–water partition coefficient (Wildman–Crippen LogP) is 3.70. The molecule has 2 aliphatic rings. The lowest BCUT2D eigenvalue weighted by Crippen LogP contribution is -2.55. The second-order valence-electron chi connectivity index (χ2n) is 8.87. The Hall–Kier alpha value is -2.02. The molecule has 1 aromatic rings. The number of hydrazine groups is 1. The van der Waals surface area contributed by atoms with Gasteiger partial charge in [-0.1, -0.05) is 62.6 Å². The Labute approximate surface area is 197 Å². The summed E-state index contributed by atoms with van der Waals surface area (Å²) in [6.07, 6.45) is 9.02. The lowest BCUT2D eigenvalue weighted by Gasteiger charge is -2.44. The molecule has 2 heterocycles. The fraction of sp³-hybridized carbons (Fsp3) is 0.560. The van der Waals surface area contributed by atoms with E-state index in [1.165, 1.54) is 6.42 Å². The number of aliphatic hydroxyl groups excluding tert-OH is 1. The minimum Gasteiger partial charge on any atom is -0.394 e. The SMILES string of the molecule is C=C1/C(=C/Cc2ccc(Cl)cc2)N(N)C(CCCCC)CN1CC(=O)N1CCCC1CO. The van der Waals surface area contributed by atoms with E-state index in [1.54, 1.807) is 0 Å². The molecule has 1 amide bonds. The van der Waals surface area contributed by atoms with Gasteiger partial charge in [-0.3, -0.25) is 4.79 Å². The number of piperazine rings is 1. The van der Waals surface area contributed by atoms with Crippen molar-refractivity contribution in [3.8, 4) is 0 Å². The highest BCUT2D eigenvalue weighted by atomic mass is 35.5. The standard InChI is InChI=1S/C25H37ClN4O2/c1-3-4-5-7-22-16-28(17-25(32)29-15-6-8-23(29)18-31)19(2)24(30(22)27)14-11-20-9-12-21(26)13-10-20/h9-10,12-14,22-23,31H,2-8,11,15-18,27H2,1H3/b24-14-. The average Bonchev–Trinajstić information content (AvgIpc) is 3.27. The van der Waals surface area contributed by atoms with Gasteiger partial charge < -0.3 is 19.9 Å². The molecule has 176 valence electrons. The Balaban J connectivity index is 1.76. The van der Waals surface area contributed by atoms with E-state index in [4.69, 9.17) is 17.4 Å². The number of amides is 1. The molecular weight excluding hydrogens is 424 g/mol. The van der Waals surface area contributed by atoms with Gasteiger partial charge >= 0.3 is 0 Å². The molecule has 0 aromatic heterocycles. The van der Waals surface area contributed by atoms with Gasteiger partial charge in [0.05, 0.1) is 36.6 Å². The first-order valence-corrected chi connectivity index (χ1v) is 12.2. The van der Waals surface area contributed by atoms with Crippen LogP contribution >= 0.6 is 11.6 Å². The third-order valence-electron chi connectivity index (χ3n) is 6.60. The molecule has 2 aliphatic heterocycles. The molecule has 6 nitrogen and oxygen atoms in total. The number of allylic oxidation sites excluding steroid dienone is 1. The van der Waals surface area contributed by atoms with Crippen molar-refractivity contribution in [2.45, 2.75) is 64.0 Å². The predicted molar refractivity (Wildman–Crippen MR) is 130 cm³/mol. The molecule has 0 saturated carbocycles. The molecule has 2 saturated heterocycles. The maximum Gasteiger partial charge on any atom is 0.242 e. The lowest BCUT2D eigenvalue weighted by atomic mass is 10.0. The highest BCUT2D eigenvalue weighted by Crippen LogP contribution is 2.28. The zero-order chi connectivity index (χ0) is 23.1. The van der Waals surface area contributed by atoms with Crippen molar-refractivity contribution in [1.82, 2.24) is 14.8 Å². The number of unbranched alkanes of at least 4 members (excludes halogenated alkanes) is 2. The summed E-state index contributed by atoms with van der Waals surface area (Å²) in [7, 11) is 0. The van der Waals surface area contributed by atoms with Gasteiger partial charge in [0.25, 0.3) is 0 Å². The summed E-state index contributed by atoms with van der Waals surface area (Å²) in [5.74, 6) is 6.62. The Bertz CT molecular complexity index is 811. The van der Waals surface area contributed by atoms with E-state index >= 15 is 0 Å². The molecule has 3 rings (SSSR count). The highest BCUT2D eigenvalue weighted by Gasteiger charge is 2.34. The molecule has 0 radical (unpaired) electrons. The molecule has 0 spiro atoms. The number of carbonyl (C=O) groups is 1. The maximum absolute atomic E-state index is 13.1. The zero-order valence-corrected chi connectivity index (χ0v) is 19.9. The van der Waals surface area contributed by atoms with Crippen LogP contribution in [0.3, 0.4) is 0 Å². The molecule has 2 fully saturated rings. The lowest BCUT2D eigenvalue weighted by molar-refractivity contribution is -0.133. The molecule has 2 unspecified atom stereocenters. The topological polar surface area (TPSA) is 73.0 Å². The van der Waals surface area contributed by atoms with Gasteiger partial charge in [-0.05, 0) is 43.4 Å². The number of hydrogen-bond acceptors (Lipinski definition) is 5. The molecule has 32 heavy (non-hydrogen) atoms. The first-order chi connectivity index (χ1) is 15.4. The molecule has 7 heteroatoms. The summed E-state index contributed by atoms with van der Waals surface area (Å²) < 4.78 is 0. The summed E-state index contributed by atoms with van der Waals surface area (Å²) >= 11 is 6.01. The Kier molecular flexibility index (Phi) is 9.02.